The van der Waals surface area contributed by atoms with Gasteiger partial charge < -0.3 is 14.9 Å². The van der Waals surface area contributed by atoms with E-state index in [1.807, 2.05) is 55.1 Å². The van der Waals surface area contributed by atoms with Crippen LogP contribution < -0.4 is 4.90 Å². The van der Waals surface area contributed by atoms with Gasteiger partial charge in [0, 0.05) is 48.7 Å². The summed E-state index contributed by atoms with van der Waals surface area (Å²) >= 11 is 0. The molecule has 28 heavy (non-hydrogen) atoms. The van der Waals surface area contributed by atoms with Crippen molar-refractivity contribution in [3.8, 4) is 16.9 Å². The first-order valence-corrected chi connectivity index (χ1v) is 9.48. The van der Waals surface area contributed by atoms with Crippen LogP contribution in [0.3, 0.4) is 0 Å². The van der Waals surface area contributed by atoms with Crippen LogP contribution in [0.2, 0.25) is 0 Å². The summed E-state index contributed by atoms with van der Waals surface area (Å²) in [5.41, 5.74) is 5.78. The number of H-pyrrole nitrogens is 1. The number of nitrogens with zero attached hydrogens (tertiary/aromatic N) is 3. The van der Waals surface area contributed by atoms with Crippen LogP contribution in [0.25, 0.3) is 11.1 Å². The predicted octanol–water partition coefficient (Wildman–Crippen LogP) is 3.36. The van der Waals surface area contributed by atoms with Crippen LogP contribution in [0, 0.1) is 13.8 Å². The van der Waals surface area contributed by atoms with Crippen LogP contribution in [0.1, 0.15) is 21.7 Å². The topological polar surface area (TPSA) is 72.5 Å². The van der Waals surface area contributed by atoms with Crippen molar-refractivity contribution in [3.05, 3.63) is 65.5 Å². The number of hydrogen-bond donors (Lipinski definition) is 2. The fourth-order valence-electron chi connectivity index (χ4n) is 3.80. The van der Waals surface area contributed by atoms with E-state index < -0.39 is 0 Å². The highest BCUT2D eigenvalue weighted by atomic mass is 16.3. The van der Waals surface area contributed by atoms with Crippen LogP contribution in [-0.4, -0.2) is 52.3 Å². The molecule has 2 heterocycles. The largest absolute Gasteiger partial charge is 0.508 e. The van der Waals surface area contributed by atoms with Crippen molar-refractivity contribution < 1.29 is 9.90 Å². The molecule has 1 aromatic heterocycles. The normalized spacial score (nSPS) is 14.4. The van der Waals surface area contributed by atoms with Gasteiger partial charge in [-0.15, -0.1) is 0 Å². The quantitative estimate of drug-likeness (QED) is 0.735. The molecule has 6 nitrogen and oxygen atoms in total. The lowest BCUT2D eigenvalue weighted by Crippen LogP contribution is -2.48. The fourth-order valence-corrected chi connectivity index (χ4v) is 3.80. The van der Waals surface area contributed by atoms with Crippen molar-refractivity contribution in [2.75, 3.05) is 31.1 Å². The Morgan fingerprint density at radius 2 is 1.75 bits per heavy atom. The fraction of sp³-hybridized carbons (Fsp3) is 0.273. The van der Waals surface area contributed by atoms with E-state index in [1.165, 1.54) is 0 Å². The molecule has 1 aliphatic heterocycles. The summed E-state index contributed by atoms with van der Waals surface area (Å²) in [5, 5.41) is 16.7. The third-order valence-electron chi connectivity index (χ3n) is 5.31. The Bertz CT molecular complexity index is 967. The standard InChI is InChI=1S/C22H24N4O2/c1-15-21(16(2)24-23-15)17-4-3-5-18(14-17)22(28)26-12-10-25(11-13-26)19-6-8-20(27)9-7-19/h3-9,14,27H,10-13H2,1-2H3,(H,23,24). The molecule has 144 valence electrons. The van der Waals surface area contributed by atoms with E-state index >= 15 is 0 Å². The smallest absolute Gasteiger partial charge is 0.253 e. The maximum absolute atomic E-state index is 13.0. The first-order chi connectivity index (χ1) is 13.5. The molecule has 1 aliphatic rings. The molecule has 1 saturated heterocycles. The lowest BCUT2D eigenvalue weighted by molar-refractivity contribution is 0.0747. The third-order valence-corrected chi connectivity index (χ3v) is 5.31. The van der Waals surface area contributed by atoms with Gasteiger partial charge in [0.25, 0.3) is 5.91 Å². The Labute approximate surface area is 164 Å². The zero-order chi connectivity index (χ0) is 19.7. The van der Waals surface area contributed by atoms with Gasteiger partial charge in [-0.05, 0) is 55.8 Å². The molecule has 0 saturated carbocycles. The van der Waals surface area contributed by atoms with E-state index in [9.17, 15) is 9.90 Å². The number of aromatic hydroxyl groups is 1. The summed E-state index contributed by atoms with van der Waals surface area (Å²) in [4.78, 5) is 17.2. The molecule has 3 aromatic rings. The Hall–Kier alpha value is -3.28. The van der Waals surface area contributed by atoms with Crippen LogP contribution in [0.5, 0.6) is 5.75 Å². The Morgan fingerprint density at radius 1 is 1.04 bits per heavy atom. The SMILES string of the molecule is Cc1n[nH]c(C)c1-c1cccc(C(=O)N2CCN(c3ccc(O)cc3)CC2)c1. The van der Waals surface area contributed by atoms with E-state index in [0.29, 0.717) is 18.7 Å². The Morgan fingerprint density at radius 3 is 2.39 bits per heavy atom. The van der Waals surface area contributed by atoms with E-state index in [1.54, 1.807) is 12.1 Å². The van der Waals surface area contributed by atoms with Gasteiger partial charge in [0.05, 0.1) is 5.69 Å². The molecule has 1 fully saturated rings. The molecule has 0 bridgehead atoms. The van der Waals surface area contributed by atoms with Crippen LogP contribution >= 0.6 is 0 Å². The number of amides is 1. The monoisotopic (exact) mass is 376 g/mol. The van der Waals surface area contributed by atoms with Crippen molar-refractivity contribution in [2.45, 2.75) is 13.8 Å². The zero-order valence-electron chi connectivity index (χ0n) is 16.1. The van der Waals surface area contributed by atoms with E-state index in [4.69, 9.17) is 0 Å². The molecule has 2 N–H and O–H groups in total. The molecule has 6 heteroatoms. The second-order valence-corrected chi connectivity index (χ2v) is 7.19. The number of aromatic nitrogens is 2. The molecule has 4 rings (SSSR count). The summed E-state index contributed by atoms with van der Waals surface area (Å²) in [5.74, 6) is 0.326. The minimum absolute atomic E-state index is 0.0611. The summed E-state index contributed by atoms with van der Waals surface area (Å²) < 4.78 is 0. The van der Waals surface area contributed by atoms with E-state index in [2.05, 4.69) is 15.1 Å². The maximum atomic E-state index is 13.0. The summed E-state index contributed by atoms with van der Waals surface area (Å²) in [6.07, 6.45) is 0. The number of phenolic OH excluding ortho intramolecular Hbond substituents is 1. The number of rotatable bonds is 3. The molecule has 0 spiro atoms. The summed E-state index contributed by atoms with van der Waals surface area (Å²) in [6, 6.07) is 15.0. The molecular weight excluding hydrogens is 352 g/mol. The number of phenols is 1. The highest BCUT2D eigenvalue weighted by molar-refractivity contribution is 5.95. The number of nitrogens with one attached hydrogen (secondary N) is 1. The zero-order valence-corrected chi connectivity index (χ0v) is 16.1. The minimum atomic E-state index is 0.0611. The number of benzene rings is 2. The minimum Gasteiger partial charge on any atom is -0.508 e. The molecule has 0 unspecified atom stereocenters. The number of carbonyl (C=O) groups excluding carboxylic acids is 1. The van der Waals surface area contributed by atoms with Crippen molar-refractivity contribution in [1.29, 1.82) is 0 Å². The summed E-state index contributed by atoms with van der Waals surface area (Å²) in [7, 11) is 0. The number of hydrogen-bond acceptors (Lipinski definition) is 4. The van der Waals surface area contributed by atoms with Gasteiger partial charge in [0.1, 0.15) is 5.75 Å². The molecule has 0 atom stereocenters. The number of anilines is 1. The molecular formula is C22H24N4O2. The lowest BCUT2D eigenvalue weighted by Gasteiger charge is -2.36. The van der Waals surface area contributed by atoms with Crippen LogP contribution in [0.15, 0.2) is 48.5 Å². The van der Waals surface area contributed by atoms with Crippen LogP contribution in [-0.2, 0) is 0 Å². The molecule has 1 amide bonds. The number of piperazine rings is 1. The van der Waals surface area contributed by atoms with Crippen molar-refractivity contribution in [3.63, 3.8) is 0 Å². The third kappa shape index (κ3) is 3.45. The highest BCUT2D eigenvalue weighted by Gasteiger charge is 2.23. The summed E-state index contributed by atoms with van der Waals surface area (Å²) in [6.45, 7) is 6.86. The molecule has 0 radical (unpaired) electrons. The Balaban J connectivity index is 1.47. The number of aryl methyl sites for hydroxylation is 2. The number of carbonyl (C=O) groups is 1. The van der Waals surface area contributed by atoms with Crippen molar-refractivity contribution >= 4 is 11.6 Å². The first-order valence-electron chi connectivity index (χ1n) is 9.48. The van der Waals surface area contributed by atoms with E-state index in [-0.39, 0.29) is 11.7 Å². The average molecular weight is 376 g/mol. The van der Waals surface area contributed by atoms with Crippen molar-refractivity contribution in [2.24, 2.45) is 0 Å². The highest BCUT2D eigenvalue weighted by Crippen LogP contribution is 2.27. The molecule has 0 aliphatic carbocycles. The lowest BCUT2D eigenvalue weighted by atomic mass is 10.0. The van der Waals surface area contributed by atoms with Crippen molar-refractivity contribution in [1.82, 2.24) is 15.1 Å². The van der Waals surface area contributed by atoms with Gasteiger partial charge in [0.15, 0.2) is 0 Å². The van der Waals surface area contributed by atoms with Gasteiger partial charge in [-0.25, -0.2) is 0 Å². The second kappa shape index (κ2) is 7.38. The van der Waals surface area contributed by atoms with Gasteiger partial charge in [-0.1, -0.05) is 12.1 Å². The van der Waals surface area contributed by atoms with Gasteiger partial charge in [-0.3, -0.25) is 9.89 Å². The van der Waals surface area contributed by atoms with E-state index in [0.717, 1.165) is 41.3 Å². The Kier molecular flexibility index (Phi) is 4.77. The van der Waals surface area contributed by atoms with Gasteiger partial charge in [-0.2, -0.15) is 5.10 Å². The average Bonchev–Trinajstić information content (AvgIpc) is 3.06. The van der Waals surface area contributed by atoms with Gasteiger partial charge in [0.2, 0.25) is 0 Å². The predicted molar refractivity (Wildman–Crippen MR) is 110 cm³/mol. The number of aromatic amines is 1. The molecule has 2 aromatic carbocycles. The van der Waals surface area contributed by atoms with Crippen LogP contribution in [0.4, 0.5) is 5.69 Å². The maximum Gasteiger partial charge on any atom is 0.253 e. The van der Waals surface area contributed by atoms with Gasteiger partial charge >= 0.3 is 0 Å². The first kappa shape index (κ1) is 18.1. The second-order valence-electron chi connectivity index (χ2n) is 7.19.